The number of benzene rings is 7. The fraction of sp³-hybridized carbons (Fsp3) is 0.156. The van der Waals surface area contributed by atoms with Crippen LogP contribution >= 0.6 is 0 Å². The van der Waals surface area contributed by atoms with E-state index in [9.17, 15) is 0 Å². The summed E-state index contributed by atoms with van der Waals surface area (Å²) in [4.78, 5) is 11.0. The Hall–Kier alpha value is -7.42. The van der Waals surface area contributed by atoms with Crippen LogP contribution < -0.4 is 0 Å². The second-order valence-corrected chi connectivity index (χ2v) is 17.8. The Labute approximate surface area is 392 Å². The Morgan fingerprint density at radius 3 is 1.30 bits per heavy atom. The third kappa shape index (κ3) is 8.36. The Kier molecular flexibility index (Phi) is 12.9. The lowest BCUT2D eigenvalue weighted by molar-refractivity contribution is 0.717. The minimum atomic E-state index is -0.599. The number of hydrogen-bond donors (Lipinski definition) is 0. The first-order valence-corrected chi connectivity index (χ1v) is 23.4. The van der Waals surface area contributed by atoms with E-state index >= 15 is 0 Å². The largest absolute Gasteiger partial charge is 0.233 e. The summed E-state index contributed by atoms with van der Waals surface area (Å²) in [6.07, 6.45) is 18.4. The minimum Gasteiger partial charge on any atom is -0.233 e. The van der Waals surface area contributed by atoms with Crippen LogP contribution in [0.2, 0.25) is 0 Å². The lowest BCUT2D eigenvalue weighted by atomic mass is 9.62. The smallest absolute Gasteiger partial charge is 0.160 e. The van der Waals surface area contributed by atoms with Crippen molar-refractivity contribution in [2.24, 2.45) is 9.98 Å². The van der Waals surface area contributed by atoms with Crippen LogP contribution in [0, 0.1) is 20.8 Å². The van der Waals surface area contributed by atoms with E-state index in [0.29, 0.717) is 11.5 Å². The van der Waals surface area contributed by atoms with Gasteiger partial charge in [0.05, 0.1) is 16.5 Å². The van der Waals surface area contributed by atoms with E-state index < -0.39 is 10.8 Å². The van der Waals surface area contributed by atoms with Crippen LogP contribution in [-0.2, 0) is 10.8 Å². The molecule has 0 heterocycles. The van der Waals surface area contributed by atoms with Gasteiger partial charge in [0.15, 0.2) is 5.84 Å². The lowest BCUT2D eigenvalue weighted by Crippen LogP contribution is -2.33. The molecule has 9 rings (SSSR count). The lowest BCUT2D eigenvalue weighted by Gasteiger charge is -2.40. The van der Waals surface area contributed by atoms with Gasteiger partial charge in [-0.3, -0.25) is 0 Å². The van der Waals surface area contributed by atoms with E-state index in [2.05, 4.69) is 253 Å². The van der Waals surface area contributed by atoms with Crippen LogP contribution in [0.15, 0.2) is 246 Å². The van der Waals surface area contributed by atoms with E-state index in [1.807, 2.05) is 0 Å². The van der Waals surface area contributed by atoms with Gasteiger partial charge >= 0.3 is 0 Å². The maximum atomic E-state index is 5.52. The molecule has 2 nitrogen and oxygen atoms in total. The summed E-state index contributed by atoms with van der Waals surface area (Å²) >= 11 is 0. The van der Waals surface area contributed by atoms with Crippen molar-refractivity contribution >= 4 is 17.2 Å². The molecule has 0 bridgehead atoms. The molecule has 0 N–H and O–H groups in total. The fourth-order valence-corrected chi connectivity index (χ4v) is 10.5. The minimum absolute atomic E-state index is 0.486. The Morgan fingerprint density at radius 2 is 0.848 bits per heavy atom. The zero-order valence-corrected chi connectivity index (χ0v) is 38.7. The Morgan fingerprint density at radius 1 is 0.439 bits per heavy atom. The van der Waals surface area contributed by atoms with Gasteiger partial charge in [-0.25, -0.2) is 9.98 Å². The average Bonchev–Trinajstić information content (AvgIpc) is 3.36. The highest BCUT2D eigenvalue weighted by Gasteiger charge is 2.41. The van der Waals surface area contributed by atoms with Gasteiger partial charge in [-0.1, -0.05) is 218 Å². The molecule has 2 heteroatoms. The molecule has 7 aromatic carbocycles. The molecular formula is C64H58N2. The quantitative estimate of drug-likeness (QED) is 0.0665. The van der Waals surface area contributed by atoms with Crippen molar-refractivity contribution in [3.8, 4) is 0 Å². The summed E-state index contributed by atoms with van der Waals surface area (Å²) < 4.78 is 0. The third-order valence-corrected chi connectivity index (χ3v) is 13.4. The van der Waals surface area contributed by atoms with E-state index in [1.165, 1.54) is 44.5 Å². The van der Waals surface area contributed by atoms with Crippen molar-refractivity contribution in [2.45, 2.75) is 64.2 Å². The van der Waals surface area contributed by atoms with Crippen LogP contribution in [0.5, 0.6) is 0 Å². The summed E-state index contributed by atoms with van der Waals surface area (Å²) in [5.74, 6) is 0.647. The fourth-order valence-electron chi connectivity index (χ4n) is 10.5. The van der Waals surface area contributed by atoms with Crippen molar-refractivity contribution in [1.82, 2.24) is 0 Å². The molecule has 2 aliphatic carbocycles. The van der Waals surface area contributed by atoms with E-state index in [-0.39, 0.29) is 0 Å². The molecule has 0 saturated carbocycles. The zero-order valence-electron chi connectivity index (χ0n) is 38.7. The summed E-state index contributed by atoms with van der Waals surface area (Å²) in [6.45, 7) is 13.3. The topological polar surface area (TPSA) is 24.7 Å². The molecule has 0 spiro atoms. The van der Waals surface area contributed by atoms with E-state index in [4.69, 9.17) is 9.98 Å². The van der Waals surface area contributed by atoms with Crippen LogP contribution in [0.4, 0.5) is 0 Å². The van der Waals surface area contributed by atoms with E-state index in [0.717, 1.165) is 64.8 Å². The summed E-state index contributed by atoms with van der Waals surface area (Å²) in [6, 6.07) is 65.8. The molecule has 0 amide bonds. The summed E-state index contributed by atoms with van der Waals surface area (Å²) in [7, 11) is 0. The molecule has 0 aromatic heterocycles. The molecule has 7 aromatic rings. The van der Waals surface area contributed by atoms with Gasteiger partial charge in [0, 0.05) is 11.3 Å². The molecule has 0 fully saturated rings. The van der Waals surface area contributed by atoms with Crippen molar-refractivity contribution in [3.05, 3.63) is 303 Å². The Balaban J connectivity index is 1.20. The third-order valence-electron chi connectivity index (χ3n) is 13.4. The molecule has 66 heavy (non-hydrogen) atoms. The first kappa shape index (κ1) is 43.8. The number of hydrogen-bond acceptors (Lipinski definition) is 1. The Bertz CT molecular complexity index is 2900. The highest BCUT2D eigenvalue weighted by molar-refractivity contribution is 6.14. The number of aliphatic imine (C=N–C) groups is 2. The predicted molar refractivity (Wildman–Crippen MR) is 280 cm³/mol. The van der Waals surface area contributed by atoms with Gasteiger partial charge in [0.2, 0.25) is 0 Å². The molecule has 0 atom stereocenters. The maximum absolute atomic E-state index is 5.52. The maximum Gasteiger partial charge on any atom is 0.160 e. The van der Waals surface area contributed by atoms with Gasteiger partial charge in [-0.05, 0) is 132 Å². The summed E-state index contributed by atoms with van der Waals surface area (Å²) in [5.41, 5.74) is 16.7. The number of nitrogens with zero attached hydrogens (tertiary/aromatic N) is 2. The van der Waals surface area contributed by atoms with E-state index in [1.54, 1.807) is 0 Å². The van der Waals surface area contributed by atoms with Crippen LogP contribution in [0.3, 0.4) is 0 Å². The standard InChI is InChI=1S/C64H58N2/c1-46-42-47(2)61(48(3)43-46)62(65-49(4)51-26-24-40-59(44-51)63(53-28-12-6-13-29-53,54-30-14-7-15-31-54)55-32-16-8-17-33-55)66-50(5)52-27-25-41-60(45-52)64(56-34-18-9-19-35-56,57-36-20-10-21-37-57)58-38-22-11-23-39-58/h6-9,12-20,22,24-45H,4,10-11,21,23H2,1-3,5H3/b65-62-,66-50+. The molecule has 0 unspecified atom stereocenters. The molecule has 2 aliphatic rings. The van der Waals surface area contributed by atoms with Gasteiger partial charge in [0.1, 0.15) is 0 Å². The van der Waals surface area contributed by atoms with Crippen molar-refractivity contribution in [1.29, 1.82) is 0 Å². The van der Waals surface area contributed by atoms with Gasteiger partial charge in [-0.15, -0.1) is 0 Å². The van der Waals surface area contributed by atoms with Gasteiger partial charge in [-0.2, -0.15) is 0 Å². The number of allylic oxidation sites excluding steroid dienone is 8. The normalized spacial score (nSPS) is 14.4. The van der Waals surface area contributed by atoms with Crippen molar-refractivity contribution < 1.29 is 0 Å². The van der Waals surface area contributed by atoms with Crippen LogP contribution in [-0.4, -0.2) is 11.5 Å². The monoisotopic (exact) mass is 854 g/mol. The average molecular weight is 855 g/mol. The molecule has 0 radical (unpaired) electrons. The highest BCUT2D eigenvalue weighted by atomic mass is 14.9. The first-order chi connectivity index (χ1) is 32.3. The van der Waals surface area contributed by atoms with Gasteiger partial charge < -0.3 is 0 Å². The summed E-state index contributed by atoms with van der Waals surface area (Å²) in [5, 5.41) is 0. The zero-order chi connectivity index (χ0) is 45.5. The molecule has 0 saturated heterocycles. The second kappa shape index (κ2) is 19.4. The van der Waals surface area contributed by atoms with Crippen LogP contribution in [0.1, 0.15) is 99.4 Å². The van der Waals surface area contributed by atoms with Crippen molar-refractivity contribution in [2.75, 3.05) is 0 Å². The van der Waals surface area contributed by atoms with Crippen LogP contribution in [0.25, 0.3) is 5.70 Å². The SMILES string of the molecule is C=C(/N=C(\N=C(/C)c1cccc(C(C2=CCCC=C2)(C2=CCCC=C2)c2ccccc2)c1)c1c(C)cc(C)cc1C)c1cccc(C(c2ccccc2)(c2ccccc2)c2ccccc2)c1. The van der Waals surface area contributed by atoms with Crippen molar-refractivity contribution in [3.63, 3.8) is 0 Å². The first-order valence-electron chi connectivity index (χ1n) is 23.4. The number of rotatable bonds is 12. The predicted octanol–water partition coefficient (Wildman–Crippen LogP) is 15.8. The number of amidine groups is 1. The second-order valence-electron chi connectivity index (χ2n) is 17.8. The molecule has 324 valence electrons. The van der Waals surface area contributed by atoms with Gasteiger partial charge in [0.25, 0.3) is 0 Å². The molecular weight excluding hydrogens is 797 g/mol. The highest BCUT2D eigenvalue weighted by Crippen LogP contribution is 2.49. The number of aryl methyl sites for hydroxylation is 3. The molecule has 0 aliphatic heterocycles.